The molecule has 0 fully saturated rings. The third-order valence-corrected chi connectivity index (χ3v) is 2.72. The molecule has 2 N–H and O–H groups in total. The van der Waals surface area contributed by atoms with Gasteiger partial charge in [-0.05, 0) is 29.8 Å². The summed E-state index contributed by atoms with van der Waals surface area (Å²) in [4.78, 5) is 15.8. The number of amides is 1. The van der Waals surface area contributed by atoms with Crippen LogP contribution in [-0.4, -0.2) is 18.0 Å². The molecule has 0 radical (unpaired) electrons. The van der Waals surface area contributed by atoms with Crippen LogP contribution in [-0.2, 0) is 4.79 Å². The highest BCUT2D eigenvalue weighted by molar-refractivity contribution is 5.85. The van der Waals surface area contributed by atoms with Crippen molar-refractivity contribution >= 4 is 18.3 Å². The Morgan fingerprint density at radius 3 is 2.37 bits per heavy atom. The van der Waals surface area contributed by atoms with E-state index in [2.05, 4.69) is 4.98 Å². The molecule has 1 heterocycles. The topological polar surface area (TPSA) is 65.2 Å². The van der Waals surface area contributed by atoms with Crippen molar-refractivity contribution in [3.8, 4) is 5.75 Å². The summed E-state index contributed by atoms with van der Waals surface area (Å²) in [5.74, 6) is -0.209. The summed E-state index contributed by atoms with van der Waals surface area (Å²) >= 11 is 0. The molecule has 0 aliphatic rings. The molecule has 1 aromatic carbocycles. The quantitative estimate of drug-likeness (QED) is 0.932. The molecule has 0 aliphatic carbocycles. The molecule has 19 heavy (non-hydrogen) atoms. The average Bonchev–Trinajstić information content (AvgIpc) is 2.40. The zero-order valence-electron chi connectivity index (χ0n) is 10.4. The molecule has 2 aromatic rings. The predicted octanol–water partition coefficient (Wildman–Crippen LogP) is 2.13. The maximum absolute atomic E-state index is 11.6. The van der Waals surface area contributed by atoms with Gasteiger partial charge < -0.3 is 10.5 Å². The fourth-order valence-corrected chi connectivity index (χ4v) is 1.82. The van der Waals surface area contributed by atoms with E-state index in [4.69, 9.17) is 10.5 Å². The summed E-state index contributed by atoms with van der Waals surface area (Å²) in [6, 6.07) is 12.7. The van der Waals surface area contributed by atoms with Crippen LogP contribution in [0, 0.1) is 0 Å². The van der Waals surface area contributed by atoms with E-state index in [0.29, 0.717) is 5.69 Å². The first-order chi connectivity index (χ1) is 8.72. The molecule has 1 unspecified atom stereocenters. The number of carbonyl (C=O) groups is 1. The van der Waals surface area contributed by atoms with Crippen LogP contribution >= 0.6 is 12.4 Å². The van der Waals surface area contributed by atoms with E-state index < -0.39 is 11.8 Å². The Labute approximate surface area is 118 Å². The van der Waals surface area contributed by atoms with E-state index in [1.165, 1.54) is 0 Å². The summed E-state index contributed by atoms with van der Waals surface area (Å²) in [5, 5.41) is 0. The molecule has 0 saturated carbocycles. The van der Waals surface area contributed by atoms with E-state index in [0.717, 1.165) is 11.3 Å². The van der Waals surface area contributed by atoms with Gasteiger partial charge in [0, 0.05) is 6.20 Å². The maximum Gasteiger partial charge on any atom is 0.231 e. The van der Waals surface area contributed by atoms with Gasteiger partial charge in [0.05, 0.1) is 12.8 Å². The largest absolute Gasteiger partial charge is 0.497 e. The minimum atomic E-state index is -0.530. The second-order valence-corrected chi connectivity index (χ2v) is 3.86. The van der Waals surface area contributed by atoms with Crippen molar-refractivity contribution in [3.63, 3.8) is 0 Å². The van der Waals surface area contributed by atoms with Crippen molar-refractivity contribution in [2.24, 2.45) is 5.73 Å². The lowest BCUT2D eigenvalue weighted by Crippen LogP contribution is -2.23. The van der Waals surface area contributed by atoms with Crippen molar-refractivity contribution in [1.29, 1.82) is 0 Å². The molecule has 4 nitrogen and oxygen atoms in total. The number of carbonyl (C=O) groups excluding carboxylic acids is 1. The van der Waals surface area contributed by atoms with E-state index >= 15 is 0 Å². The van der Waals surface area contributed by atoms with Crippen LogP contribution in [0.5, 0.6) is 5.75 Å². The number of methoxy groups -OCH3 is 1. The first-order valence-electron chi connectivity index (χ1n) is 5.56. The monoisotopic (exact) mass is 278 g/mol. The van der Waals surface area contributed by atoms with Gasteiger partial charge in [0.2, 0.25) is 5.91 Å². The Balaban J connectivity index is 0.00000180. The van der Waals surface area contributed by atoms with Gasteiger partial charge >= 0.3 is 0 Å². The van der Waals surface area contributed by atoms with Crippen LogP contribution in [0.25, 0.3) is 0 Å². The molecule has 0 aliphatic heterocycles. The first kappa shape index (κ1) is 15.0. The van der Waals surface area contributed by atoms with Gasteiger partial charge in [0.1, 0.15) is 11.7 Å². The lowest BCUT2D eigenvalue weighted by molar-refractivity contribution is -0.118. The minimum absolute atomic E-state index is 0. The van der Waals surface area contributed by atoms with E-state index in [-0.39, 0.29) is 12.4 Å². The summed E-state index contributed by atoms with van der Waals surface area (Å²) < 4.78 is 5.08. The molecule has 1 atom stereocenters. The van der Waals surface area contributed by atoms with Gasteiger partial charge in [-0.3, -0.25) is 9.78 Å². The predicted molar refractivity (Wildman–Crippen MR) is 75.5 cm³/mol. The SMILES string of the molecule is COc1ccc(C(C(N)=O)c2ccccn2)cc1.Cl. The number of benzene rings is 1. The van der Waals surface area contributed by atoms with Gasteiger partial charge in [0.25, 0.3) is 0 Å². The Morgan fingerprint density at radius 1 is 1.21 bits per heavy atom. The molecule has 0 spiro atoms. The van der Waals surface area contributed by atoms with Gasteiger partial charge in [-0.25, -0.2) is 0 Å². The van der Waals surface area contributed by atoms with Crippen LogP contribution in [0.15, 0.2) is 48.7 Å². The van der Waals surface area contributed by atoms with E-state index in [1.54, 1.807) is 37.6 Å². The van der Waals surface area contributed by atoms with Gasteiger partial charge in [0.15, 0.2) is 0 Å². The normalized spacial score (nSPS) is 11.2. The van der Waals surface area contributed by atoms with E-state index in [1.807, 2.05) is 18.2 Å². The smallest absolute Gasteiger partial charge is 0.231 e. The Morgan fingerprint density at radius 2 is 1.89 bits per heavy atom. The summed E-state index contributed by atoms with van der Waals surface area (Å²) in [5.41, 5.74) is 6.92. The number of hydrogen-bond acceptors (Lipinski definition) is 3. The number of primary amides is 1. The number of hydrogen-bond donors (Lipinski definition) is 1. The number of ether oxygens (including phenoxy) is 1. The van der Waals surface area contributed by atoms with Crippen molar-refractivity contribution in [3.05, 3.63) is 59.9 Å². The van der Waals surface area contributed by atoms with Crippen LogP contribution in [0.2, 0.25) is 0 Å². The maximum atomic E-state index is 11.6. The molecular formula is C14H15ClN2O2. The second kappa shape index (κ2) is 6.75. The zero-order chi connectivity index (χ0) is 13.0. The molecule has 2 rings (SSSR count). The molecule has 1 aromatic heterocycles. The Bertz CT molecular complexity index is 529. The fourth-order valence-electron chi connectivity index (χ4n) is 1.82. The van der Waals surface area contributed by atoms with Crippen molar-refractivity contribution < 1.29 is 9.53 Å². The summed E-state index contributed by atoms with van der Waals surface area (Å²) in [6.45, 7) is 0. The standard InChI is InChI=1S/C14H14N2O2.ClH/c1-18-11-7-5-10(6-8-11)13(14(15)17)12-4-2-3-9-16-12;/h2-9,13H,1H3,(H2,15,17);1H. The molecule has 5 heteroatoms. The molecule has 100 valence electrons. The molecule has 0 saturated heterocycles. The fraction of sp³-hybridized carbons (Fsp3) is 0.143. The zero-order valence-corrected chi connectivity index (χ0v) is 11.3. The highest BCUT2D eigenvalue weighted by Crippen LogP contribution is 2.24. The minimum Gasteiger partial charge on any atom is -0.497 e. The van der Waals surface area contributed by atoms with Crippen molar-refractivity contribution in [2.45, 2.75) is 5.92 Å². The Hall–Kier alpha value is -2.07. The Kier molecular flexibility index (Phi) is 5.33. The third kappa shape index (κ3) is 3.45. The summed E-state index contributed by atoms with van der Waals surface area (Å²) in [6.07, 6.45) is 1.65. The van der Waals surface area contributed by atoms with Crippen LogP contribution in [0.3, 0.4) is 0 Å². The highest BCUT2D eigenvalue weighted by atomic mass is 35.5. The van der Waals surface area contributed by atoms with Crippen molar-refractivity contribution in [2.75, 3.05) is 7.11 Å². The second-order valence-electron chi connectivity index (χ2n) is 3.86. The number of aromatic nitrogens is 1. The highest BCUT2D eigenvalue weighted by Gasteiger charge is 2.21. The van der Waals surface area contributed by atoms with Crippen LogP contribution in [0.4, 0.5) is 0 Å². The number of rotatable bonds is 4. The first-order valence-corrected chi connectivity index (χ1v) is 5.56. The van der Waals surface area contributed by atoms with Crippen LogP contribution < -0.4 is 10.5 Å². The van der Waals surface area contributed by atoms with Gasteiger partial charge in [-0.15, -0.1) is 12.4 Å². The lowest BCUT2D eigenvalue weighted by Gasteiger charge is -2.13. The average molecular weight is 279 g/mol. The number of nitrogens with two attached hydrogens (primary N) is 1. The van der Waals surface area contributed by atoms with Gasteiger partial charge in [-0.1, -0.05) is 18.2 Å². The lowest BCUT2D eigenvalue weighted by atomic mass is 9.94. The molecule has 1 amide bonds. The van der Waals surface area contributed by atoms with Gasteiger partial charge in [-0.2, -0.15) is 0 Å². The molecule has 0 bridgehead atoms. The van der Waals surface area contributed by atoms with Crippen LogP contribution in [0.1, 0.15) is 17.2 Å². The molecular weight excluding hydrogens is 264 g/mol. The third-order valence-electron chi connectivity index (χ3n) is 2.72. The number of pyridine rings is 1. The number of nitrogens with zero attached hydrogens (tertiary/aromatic N) is 1. The summed E-state index contributed by atoms with van der Waals surface area (Å²) in [7, 11) is 1.60. The number of halogens is 1. The van der Waals surface area contributed by atoms with E-state index in [9.17, 15) is 4.79 Å². The van der Waals surface area contributed by atoms with Crippen molar-refractivity contribution in [1.82, 2.24) is 4.98 Å².